The van der Waals surface area contributed by atoms with E-state index in [1.165, 1.54) is 0 Å². The molecule has 0 radical (unpaired) electrons. The fourth-order valence-corrected chi connectivity index (χ4v) is 4.71. The van der Waals surface area contributed by atoms with Crippen LogP contribution in [0.3, 0.4) is 0 Å². The number of likely N-dealkylation sites (N-methyl/N-ethyl adjacent to an activating group) is 2. The fourth-order valence-electron chi connectivity index (χ4n) is 4.71. The number of aliphatic hydroxyl groups is 2. The summed E-state index contributed by atoms with van der Waals surface area (Å²) in [5.74, 6) is 0. The van der Waals surface area contributed by atoms with E-state index < -0.39 is 24.5 Å². The van der Waals surface area contributed by atoms with E-state index in [2.05, 4.69) is 39.8 Å². The van der Waals surface area contributed by atoms with Crippen molar-refractivity contribution in [3.8, 4) is 0 Å². The molecule has 0 aromatic heterocycles. The van der Waals surface area contributed by atoms with Gasteiger partial charge in [-0.1, -0.05) is 0 Å². The van der Waals surface area contributed by atoms with Gasteiger partial charge in [-0.05, 0) is 27.1 Å². The van der Waals surface area contributed by atoms with Gasteiger partial charge in [0.1, 0.15) is 24.5 Å². The van der Waals surface area contributed by atoms with Crippen LogP contribution in [0.25, 0.3) is 0 Å². The van der Waals surface area contributed by atoms with Crippen molar-refractivity contribution >= 4 is 0 Å². The summed E-state index contributed by atoms with van der Waals surface area (Å²) in [5.41, 5.74) is 6.11. The molecular weight excluding hydrogens is 338 g/mol. The average molecular weight is 371 g/mol. The predicted molar refractivity (Wildman–Crippen MR) is 95.7 cm³/mol. The number of rotatable bonds is 4. The monoisotopic (exact) mass is 371 g/mol. The van der Waals surface area contributed by atoms with E-state index in [4.69, 9.17) is 10.5 Å². The molecule has 0 aromatic rings. The number of aliphatic hydroxyl groups excluding tert-OH is 2. The number of nitrogens with two attached hydrogens (primary N) is 1. The number of likely N-dealkylation sites (tertiary alicyclic amines) is 1. The molecule has 26 heavy (non-hydrogen) atoms. The molecule has 8 atom stereocenters. The van der Waals surface area contributed by atoms with Crippen LogP contribution in [0, 0.1) is 0 Å². The van der Waals surface area contributed by atoms with E-state index in [0.29, 0.717) is 25.9 Å². The number of hydrogen-bond acceptors (Lipinski definition) is 10. The third kappa shape index (κ3) is 3.39. The number of fused-ring (bicyclic) bond motifs is 1. The van der Waals surface area contributed by atoms with E-state index in [-0.39, 0.29) is 18.4 Å². The second-order valence-electron chi connectivity index (χ2n) is 8.15. The molecule has 0 amide bonds. The summed E-state index contributed by atoms with van der Waals surface area (Å²) in [4.78, 5) is 6.59. The van der Waals surface area contributed by atoms with Crippen molar-refractivity contribution in [2.45, 2.75) is 55.4 Å². The van der Waals surface area contributed by atoms with Gasteiger partial charge in [-0.25, -0.2) is 4.90 Å². The van der Waals surface area contributed by atoms with Crippen molar-refractivity contribution in [2.24, 2.45) is 5.73 Å². The van der Waals surface area contributed by atoms with Crippen molar-refractivity contribution in [1.82, 2.24) is 30.7 Å². The Hall–Kier alpha value is -0.400. The molecule has 10 heteroatoms. The first-order chi connectivity index (χ1) is 12.5. The van der Waals surface area contributed by atoms with Crippen LogP contribution >= 0.6 is 0 Å². The molecule has 4 heterocycles. The Labute approximate surface area is 154 Å². The summed E-state index contributed by atoms with van der Waals surface area (Å²) in [6, 6.07) is 0.501. The van der Waals surface area contributed by atoms with Crippen molar-refractivity contribution in [3.05, 3.63) is 0 Å². The van der Waals surface area contributed by atoms with Gasteiger partial charge in [0, 0.05) is 25.8 Å². The molecule has 7 N–H and O–H groups in total. The largest absolute Gasteiger partial charge is 0.387 e. The second kappa shape index (κ2) is 7.55. The highest BCUT2D eigenvalue weighted by atomic mass is 16.6. The molecular formula is C16H33N7O3. The SMILES string of the molecule is CN1CC[C@@H](N(C)C[C@H]2O[C@@H](N3CNC4C(N)NCNC43)[C@H](O)[C@@H]2O)C1. The predicted octanol–water partition coefficient (Wildman–Crippen LogP) is -3.94. The lowest BCUT2D eigenvalue weighted by Gasteiger charge is -2.38. The molecule has 0 spiro atoms. The van der Waals surface area contributed by atoms with Gasteiger partial charge in [0.2, 0.25) is 0 Å². The summed E-state index contributed by atoms with van der Waals surface area (Å²) >= 11 is 0. The van der Waals surface area contributed by atoms with Crippen LogP contribution in [0.2, 0.25) is 0 Å². The lowest BCUT2D eigenvalue weighted by atomic mass is 10.1. The summed E-state index contributed by atoms with van der Waals surface area (Å²) in [7, 11) is 4.20. The molecule has 150 valence electrons. The van der Waals surface area contributed by atoms with Crippen molar-refractivity contribution < 1.29 is 14.9 Å². The highest BCUT2D eigenvalue weighted by molar-refractivity contribution is 5.02. The van der Waals surface area contributed by atoms with Gasteiger partial charge < -0.3 is 25.6 Å². The molecule has 4 fully saturated rings. The van der Waals surface area contributed by atoms with Gasteiger partial charge in [0.05, 0.1) is 25.0 Å². The van der Waals surface area contributed by atoms with Gasteiger partial charge in [-0.3, -0.25) is 20.9 Å². The molecule has 0 saturated carbocycles. The molecule has 4 aliphatic heterocycles. The van der Waals surface area contributed by atoms with Gasteiger partial charge in [-0.2, -0.15) is 0 Å². The van der Waals surface area contributed by atoms with E-state index in [1.54, 1.807) is 0 Å². The maximum Gasteiger partial charge on any atom is 0.142 e. The molecule has 0 aliphatic carbocycles. The summed E-state index contributed by atoms with van der Waals surface area (Å²) in [5, 5.41) is 31.1. The van der Waals surface area contributed by atoms with E-state index in [9.17, 15) is 10.2 Å². The van der Waals surface area contributed by atoms with Gasteiger partial charge in [-0.15, -0.1) is 0 Å². The fraction of sp³-hybridized carbons (Fsp3) is 1.00. The van der Waals surface area contributed by atoms with Crippen LogP contribution in [0.4, 0.5) is 0 Å². The maximum atomic E-state index is 10.6. The van der Waals surface area contributed by atoms with Crippen LogP contribution in [0.1, 0.15) is 6.42 Å². The Bertz CT molecular complexity index is 500. The lowest BCUT2D eigenvalue weighted by Crippen LogP contribution is -2.68. The van der Waals surface area contributed by atoms with E-state index >= 15 is 0 Å². The quantitative estimate of drug-likeness (QED) is 0.292. The standard InChI is InChI=1S/C16H33N7O3/c1-21-4-3-9(5-21)22(2)6-10-12(24)13(25)16(26-10)23-8-20-11-14(17)18-7-19-15(11)23/h9-16,18-20,24-25H,3-8,17H2,1-2H3/t9-,10-,11?,12-,13-,14?,15?,16-/m1/s1. The van der Waals surface area contributed by atoms with E-state index in [1.807, 2.05) is 4.90 Å². The number of hydrogen-bond donors (Lipinski definition) is 6. The first-order valence-electron chi connectivity index (χ1n) is 9.57. The Kier molecular flexibility index (Phi) is 5.50. The number of nitrogens with one attached hydrogen (secondary N) is 3. The Balaban J connectivity index is 1.38. The van der Waals surface area contributed by atoms with Gasteiger partial charge >= 0.3 is 0 Å². The maximum absolute atomic E-state index is 10.6. The zero-order chi connectivity index (χ0) is 18.4. The second-order valence-corrected chi connectivity index (χ2v) is 8.15. The Morgan fingerprint density at radius 1 is 1.23 bits per heavy atom. The molecule has 10 nitrogen and oxygen atoms in total. The molecule has 4 saturated heterocycles. The number of ether oxygens (including phenoxy) is 1. The Morgan fingerprint density at radius 3 is 2.77 bits per heavy atom. The third-order valence-electron chi connectivity index (χ3n) is 6.36. The van der Waals surface area contributed by atoms with Crippen LogP contribution in [-0.4, -0.2) is 121 Å². The molecule has 4 rings (SSSR count). The number of nitrogens with zero attached hydrogens (tertiary/aromatic N) is 3. The average Bonchev–Trinajstić information content (AvgIpc) is 3.30. The summed E-state index contributed by atoms with van der Waals surface area (Å²) in [6.07, 6.45) is -1.84. The topological polar surface area (TPSA) is 122 Å². The van der Waals surface area contributed by atoms with Crippen LogP contribution in [0.5, 0.6) is 0 Å². The smallest absolute Gasteiger partial charge is 0.142 e. The lowest BCUT2D eigenvalue weighted by molar-refractivity contribution is -0.107. The van der Waals surface area contributed by atoms with Crippen molar-refractivity contribution in [1.29, 1.82) is 0 Å². The minimum Gasteiger partial charge on any atom is -0.387 e. The van der Waals surface area contributed by atoms with Crippen molar-refractivity contribution in [3.63, 3.8) is 0 Å². The third-order valence-corrected chi connectivity index (χ3v) is 6.36. The summed E-state index contributed by atoms with van der Waals surface area (Å²) < 4.78 is 6.14. The minimum atomic E-state index is -0.937. The van der Waals surface area contributed by atoms with Gasteiger partial charge in [0.25, 0.3) is 0 Å². The van der Waals surface area contributed by atoms with Crippen LogP contribution in [0.15, 0.2) is 0 Å². The Morgan fingerprint density at radius 2 is 2.04 bits per heavy atom. The molecule has 0 bridgehead atoms. The van der Waals surface area contributed by atoms with Crippen molar-refractivity contribution in [2.75, 3.05) is 47.1 Å². The van der Waals surface area contributed by atoms with Crippen LogP contribution in [-0.2, 0) is 4.74 Å². The highest BCUT2D eigenvalue weighted by Gasteiger charge is 2.51. The normalized spacial score (nSPS) is 47.8. The summed E-state index contributed by atoms with van der Waals surface area (Å²) in [6.45, 7) is 3.89. The zero-order valence-corrected chi connectivity index (χ0v) is 15.6. The highest BCUT2D eigenvalue weighted by Crippen LogP contribution is 2.29. The molecule has 3 unspecified atom stereocenters. The van der Waals surface area contributed by atoms with Gasteiger partial charge in [0.15, 0.2) is 0 Å². The molecule has 0 aromatic carbocycles. The minimum absolute atomic E-state index is 0.0296. The van der Waals surface area contributed by atoms with Crippen LogP contribution < -0.4 is 21.7 Å². The first kappa shape index (κ1) is 18.9. The van der Waals surface area contributed by atoms with E-state index in [0.717, 1.165) is 19.5 Å². The molecule has 4 aliphatic rings. The zero-order valence-electron chi connectivity index (χ0n) is 15.6. The first-order valence-corrected chi connectivity index (χ1v) is 9.57.